The van der Waals surface area contributed by atoms with Crippen LogP contribution in [-0.2, 0) is 19.1 Å². The average molecular weight is 425 g/mol. The van der Waals surface area contributed by atoms with E-state index in [4.69, 9.17) is 9.47 Å². The molecule has 0 radical (unpaired) electrons. The fourth-order valence-electron chi connectivity index (χ4n) is 3.31. The second-order valence-corrected chi connectivity index (χ2v) is 7.53. The van der Waals surface area contributed by atoms with Crippen molar-refractivity contribution in [3.8, 4) is 5.75 Å². The summed E-state index contributed by atoms with van der Waals surface area (Å²) < 4.78 is 10.6. The molecule has 0 saturated carbocycles. The van der Waals surface area contributed by atoms with Crippen LogP contribution in [0.1, 0.15) is 19.8 Å². The Morgan fingerprint density at radius 3 is 2.58 bits per heavy atom. The van der Waals surface area contributed by atoms with Crippen LogP contribution in [0.25, 0.3) is 0 Å². The molecule has 1 heterocycles. The van der Waals surface area contributed by atoms with Crippen LogP contribution >= 0.6 is 0 Å². The van der Waals surface area contributed by atoms with E-state index in [-0.39, 0.29) is 25.0 Å². The summed E-state index contributed by atoms with van der Waals surface area (Å²) in [6.45, 7) is 2.16. The molecule has 2 aromatic carbocycles. The van der Waals surface area contributed by atoms with Gasteiger partial charge in [-0.15, -0.1) is 0 Å². The maximum absolute atomic E-state index is 12.5. The first kappa shape index (κ1) is 22.3. The van der Waals surface area contributed by atoms with Crippen LogP contribution in [-0.4, -0.2) is 50.1 Å². The number of nitrogens with zero attached hydrogens (tertiary/aromatic N) is 1. The highest BCUT2D eigenvalue weighted by atomic mass is 16.5. The van der Waals surface area contributed by atoms with E-state index in [0.717, 1.165) is 12.1 Å². The topological polar surface area (TPSA) is 97.0 Å². The molecule has 2 aromatic rings. The highest BCUT2D eigenvalue weighted by molar-refractivity contribution is 5.97. The number of methoxy groups -OCH3 is 1. The summed E-state index contributed by atoms with van der Waals surface area (Å²) in [4.78, 5) is 38.5. The zero-order valence-electron chi connectivity index (χ0n) is 17.7. The first-order valence-corrected chi connectivity index (χ1v) is 10.1. The molecule has 1 unspecified atom stereocenters. The van der Waals surface area contributed by atoms with Crippen molar-refractivity contribution in [3.63, 3.8) is 0 Å². The van der Waals surface area contributed by atoms with Gasteiger partial charge in [-0.3, -0.25) is 14.9 Å². The van der Waals surface area contributed by atoms with Crippen molar-refractivity contribution in [1.29, 1.82) is 0 Å². The predicted octanol–water partition coefficient (Wildman–Crippen LogP) is 2.35. The summed E-state index contributed by atoms with van der Waals surface area (Å²) in [5, 5.41) is 5.73. The lowest BCUT2D eigenvalue weighted by Crippen LogP contribution is -2.56. The van der Waals surface area contributed by atoms with Crippen LogP contribution in [0.2, 0.25) is 0 Å². The van der Waals surface area contributed by atoms with Gasteiger partial charge in [0.25, 0.3) is 0 Å². The Labute approximate surface area is 181 Å². The number of hydrogen-bond donors (Lipinski definition) is 2. The summed E-state index contributed by atoms with van der Waals surface area (Å²) in [6, 6.07) is 16.2. The number of ether oxygens (including phenoxy) is 2. The molecule has 1 saturated heterocycles. The zero-order chi connectivity index (χ0) is 22.3. The number of amides is 2. The van der Waals surface area contributed by atoms with E-state index in [9.17, 15) is 14.4 Å². The van der Waals surface area contributed by atoms with Gasteiger partial charge in [0, 0.05) is 24.3 Å². The van der Waals surface area contributed by atoms with Gasteiger partial charge in [-0.2, -0.15) is 0 Å². The fourth-order valence-corrected chi connectivity index (χ4v) is 3.31. The van der Waals surface area contributed by atoms with Gasteiger partial charge in [0.1, 0.15) is 17.9 Å². The van der Waals surface area contributed by atoms with Crippen molar-refractivity contribution in [2.24, 2.45) is 0 Å². The number of nitrogens with one attached hydrogen (secondary N) is 2. The number of benzene rings is 2. The number of esters is 1. The number of anilines is 2. The van der Waals surface area contributed by atoms with Crippen molar-refractivity contribution >= 4 is 29.2 Å². The molecule has 0 aliphatic carbocycles. The molecular formula is C23H27N3O5. The molecule has 1 aliphatic rings. The number of rotatable bonds is 9. The lowest BCUT2D eigenvalue weighted by atomic mass is 10.0. The highest BCUT2D eigenvalue weighted by Gasteiger charge is 2.35. The smallest absolute Gasteiger partial charge is 0.329 e. The van der Waals surface area contributed by atoms with E-state index < -0.39 is 11.5 Å². The third-order valence-electron chi connectivity index (χ3n) is 5.06. The van der Waals surface area contributed by atoms with Crippen molar-refractivity contribution < 1.29 is 23.9 Å². The van der Waals surface area contributed by atoms with Crippen molar-refractivity contribution in [2.75, 3.05) is 37.0 Å². The minimum absolute atomic E-state index is 0.0104. The quantitative estimate of drug-likeness (QED) is 0.599. The van der Waals surface area contributed by atoms with E-state index in [0.29, 0.717) is 24.4 Å². The normalized spacial score (nSPS) is 15.3. The van der Waals surface area contributed by atoms with Crippen molar-refractivity contribution in [2.45, 2.75) is 25.3 Å². The molecule has 1 atom stereocenters. The van der Waals surface area contributed by atoms with E-state index >= 15 is 0 Å². The lowest BCUT2D eigenvalue weighted by Gasteiger charge is -2.27. The minimum Gasteiger partial charge on any atom is -0.491 e. The van der Waals surface area contributed by atoms with Gasteiger partial charge < -0.3 is 19.7 Å². The molecule has 8 heteroatoms. The van der Waals surface area contributed by atoms with Crippen LogP contribution in [0.5, 0.6) is 5.75 Å². The largest absolute Gasteiger partial charge is 0.491 e. The molecule has 1 fully saturated rings. The Bertz CT molecular complexity index is 934. The van der Waals surface area contributed by atoms with Gasteiger partial charge in [0.15, 0.2) is 0 Å². The van der Waals surface area contributed by atoms with Crippen LogP contribution in [0.4, 0.5) is 11.4 Å². The zero-order valence-corrected chi connectivity index (χ0v) is 17.7. The van der Waals surface area contributed by atoms with Gasteiger partial charge >= 0.3 is 5.97 Å². The Morgan fingerprint density at radius 1 is 1.13 bits per heavy atom. The maximum atomic E-state index is 12.5. The number of para-hydroxylation sites is 1. The molecular weight excluding hydrogens is 398 g/mol. The number of carbonyl (C=O) groups excluding carboxylic acids is 3. The molecule has 0 spiro atoms. The SMILES string of the molecule is COC(=O)C(C)(COc1ccccc1)NCC(=O)Nc1cccc(N2CCCC2=O)c1. The Morgan fingerprint density at radius 2 is 1.90 bits per heavy atom. The molecule has 3 rings (SSSR count). The molecule has 1 aliphatic heterocycles. The van der Waals surface area contributed by atoms with Gasteiger partial charge in [0.05, 0.1) is 13.7 Å². The third kappa shape index (κ3) is 5.82. The van der Waals surface area contributed by atoms with Crippen molar-refractivity contribution in [3.05, 3.63) is 54.6 Å². The number of carbonyl (C=O) groups is 3. The Kier molecular flexibility index (Phi) is 7.25. The van der Waals surface area contributed by atoms with Gasteiger partial charge in [-0.05, 0) is 43.7 Å². The average Bonchev–Trinajstić information content (AvgIpc) is 3.22. The van der Waals surface area contributed by atoms with Crippen LogP contribution in [0.3, 0.4) is 0 Å². The molecule has 0 bridgehead atoms. The van der Waals surface area contributed by atoms with Gasteiger partial charge in [-0.25, -0.2) is 4.79 Å². The standard InChI is InChI=1S/C23H27N3O5/c1-23(22(29)30-2,16-31-19-10-4-3-5-11-19)24-15-20(27)25-17-8-6-9-18(14-17)26-13-7-12-21(26)28/h3-6,8-11,14,24H,7,12-13,15-16H2,1-2H3,(H,25,27). The maximum Gasteiger partial charge on any atom is 0.329 e. The minimum atomic E-state index is -1.22. The van der Waals surface area contributed by atoms with E-state index in [1.807, 2.05) is 24.3 Å². The molecule has 164 valence electrons. The molecule has 2 amide bonds. The van der Waals surface area contributed by atoms with Crippen LogP contribution < -0.4 is 20.3 Å². The van der Waals surface area contributed by atoms with E-state index in [1.165, 1.54) is 7.11 Å². The second kappa shape index (κ2) is 10.1. The molecule has 31 heavy (non-hydrogen) atoms. The van der Waals surface area contributed by atoms with Crippen LogP contribution in [0, 0.1) is 0 Å². The summed E-state index contributed by atoms with van der Waals surface area (Å²) in [5.74, 6) is -0.180. The van der Waals surface area contributed by atoms with Crippen molar-refractivity contribution in [1.82, 2.24) is 5.32 Å². The third-order valence-corrected chi connectivity index (χ3v) is 5.06. The van der Waals surface area contributed by atoms with Gasteiger partial charge in [-0.1, -0.05) is 24.3 Å². The number of hydrogen-bond acceptors (Lipinski definition) is 6. The first-order chi connectivity index (χ1) is 14.9. The van der Waals surface area contributed by atoms with E-state index in [2.05, 4.69) is 10.6 Å². The molecule has 2 N–H and O–H groups in total. The van der Waals surface area contributed by atoms with Crippen LogP contribution in [0.15, 0.2) is 54.6 Å². The Balaban J connectivity index is 1.59. The predicted molar refractivity (Wildman–Crippen MR) is 117 cm³/mol. The molecule has 8 nitrogen and oxygen atoms in total. The van der Waals surface area contributed by atoms with Gasteiger partial charge in [0.2, 0.25) is 11.8 Å². The monoisotopic (exact) mass is 425 g/mol. The summed E-state index contributed by atoms with van der Waals surface area (Å²) in [6.07, 6.45) is 1.37. The lowest BCUT2D eigenvalue weighted by molar-refractivity contribution is -0.149. The fraction of sp³-hybridized carbons (Fsp3) is 0.348. The summed E-state index contributed by atoms with van der Waals surface area (Å²) in [5.41, 5.74) is 0.111. The summed E-state index contributed by atoms with van der Waals surface area (Å²) in [7, 11) is 1.29. The Hall–Kier alpha value is -3.39. The second-order valence-electron chi connectivity index (χ2n) is 7.53. The summed E-state index contributed by atoms with van der Waals surface area (Å²) >= 11 is 0. The highest BCUT2D eigenvalue weighted by Crippen LogP contribution is 2.24. The van der Waals surface area contributed by atoms with E-state index in [1.54, 1.807) is 42.2 Å². The first-order valence-electron chi connectivity index (χ1n) is 10.1. The molecule has 0 aromatic heterocycles.